The molecule has 1 aliphatic rings. The molecule has 56 heavy (non-hydrogen) atoms. The molecular formula is C32H35N7O15S2. The second-order valence-electron chi connectivity index (χ2n) is 12.3. The number of para-hydroxylation sites is 2. The van der Waals surface area contributed by atoms with Gasteiger partial charge < -0.3 is 51.2 Å². The summed E-state index contributed by atoms with van der Waals surface area (Å²) in [5.41, 5.74) is -3.44. The van der Waals surface area contributed by atoms with E-state index >= 15 is 0 Å². The predicted octanol–water partition coefficient (Wildman–Crippen LogP) is -0.0297. The zero-order valence-corrected chi connectivity index (χ0v) is 31.0. The molecule has 9 N–H and O–H groups in total. The molecule has 1 aliphatic heterocycles. The highest BCUT2D eigenvalue weighted by Gasteiger charge is 2.45. The second kappa shape index (κ2) is 17.3. The third kappa shape index (κ3) is 10.2. The Kier molecular flexibility index (Phi) is 13.0. The first-order valence-electron chi connectivity index (χ1n) is 16.2. The number of phenolic OH excluding ortho intramolecular Hbond substituents is 4. The number of nitrogens with zero attached hydrogens (tertiary/aromatic N) is 4. The SMILES string of the molecule is CC(C)(O/N=C(\C(=O)N[C@H]1CN(S(=O)(=O)O)C1=O)c1csc(NC(=O)CN(CCCCNC(=O)c2cccc(O)c2O)C(=O)c2cccc(O)c2O)n1)C(=O)O. The second-order valence-corrected chi connectivity index (χ2v) is 14.5. The Labute approximate surface area is 320 Å². The Bertz CT molecular complexity index is 2190. The van der Waals surface area contributed by atoms with E-state index in [1.807, 2.05) is 0 Å². The van der Waals surface area contributed by atoms with E-state index in [9.17, 15) is 62.7 Å². The third-order valence-electron chi connectivity index (χ3n) is 7.83. The highest BCUT2D eigenvalue weighted by molar-refractivity contribution is 7.84. The number of carboxylic acids is 1. The van der Waals surface area contributed by atoms with Crippen molar-refractivity contribution in [3.05, 3.63) is 58.6 Å². The summed E-state index contributed by atoms with van der Waals surface area (Å²) >= 11 is 0.756. The standard InChI is InChI=1S/C32H35N7O15S2/c1-32(2,30(49)50)54-37-23(27(46)34-18-13-39(29(18)48)56(51,52)53)19-15-55-31(35-19)36-22(42)14-38(28(47)17-8-6-10-21(41)25(17)44)12-4-3-11-33-26(45)16-7-5-9-20(40)24(16)43/h5-10,15,18,40-41,43-44H,3-4,11-14H2,1-2H3,(H,33,45)(H,34,46)(H,49,50)(H,35,36,42)(H,51,52,53)/b37-23-/t18-/m0/s1. The summed E-state index contributed by atoms with van der Waals surface area (Å²) < 4.78 is 31.8. The van der Waals surface area contributed by atoms with Crippen LogP contribution in [0.3, 0.4) is 0 Å². The van der Waals surface area contributed by atoms with Crippen LogP contribution in [0, 0.1) is 0 Å². The van der Waals surface area contributed by atoms with Crippen LogP contribution in [0.1, 0.15) is 53.1 Å². The van der Waals surface area contributed by atoms with Crippen molar-refractivity contribution in [2.75, 3.05) is 31.5 Å². The molecule has 24 heteroatoms. The van der Waals surface area contributed by atoms with Gasteiger partial charge in [-0.1, -0.05) is 17.3 Å². The maximum absolute atomic E-state index is 13.5. The molecule has 2 aromatic carbocycles. The van der Waals surface area contributed by atoms with Crippen molar-refractivity contribution in [3.8, 4) is 23.0 Å². The Hall–Kier alpha value is -6.53. The maximum Gasteiger partial charge on any atom is 0.362 e. The Morgan fingerprint density at radius 2 is 1.64 bits per heavy atom. The summed E-state index contributed by atoms with van der Waals surface area (Å²) in [6.07, 6.45) is 0.448. The number of β-lactam (4-membered cyclic amide) rings is 1. The first-order valence-corrected chi connectivity index (χ1v) is 18.4. The number of hydrogen-bond acceptors (Lipinski definition) is 16. The van der Waals surface area contributed by atoms with Gasteiger partial charge in [0.05, 0.1) is 17.7 Å². The smallest absolute Gasteiger partial charge is 0.362 e. The molecule has 22 nitrogen and oxygen atoms in total. The number of aliphatic carboxylic acids is 1. The highest BCUT2D eigenvalue weighted by atomic mass is 32.2. The van der Waals surface area contributed by atoms with E-state index in [2.05, 4.69) is 26.1 Å². The summed E-state index contributed by atoms with van der Waals surface area (Å²) in [5.74, 6) is -8.60. The fourth-order valence-corrected chi connectivity index (χ4v) is 6.08. The van der Waals surface area contributed by atoms with Crippen LogP contribution in [0.25, 0.3) is 0 Å². The lowest BCUT2D eigenvalue weighted by molar-refractivity contribution is -0.161. The molecule has 0 saturated carbocycles. The third-order valence-corrected chi connectivity index (χ3v) is 9.47. The molecular weight excluding hydrogens is 787 g/mol. The number of oxime groups is 1. The molecule has 1 saturated heterocycles. The van der Waals surface area contributed by atoms with Crippen LogP contribution in [-0.4, -0.2) is 132 Å². The van der Waals surface area contributed by atoms with Gasteiger partial charge in [-0.05, 0) is 51.0 Å². The van der Waals surface area contributed by atoms with E-state index in [0.29, 0.717) is 0 Å². The first kappa shape index (κ1) is 42.2. The van der Waals surface area contributed by atoms with Crippen LogP contribution in [0.5, 0.6) is 23.0 Å². The van der Waals surface area contributed by atoms with Gasteiger partial charge in [0.15, 0.2) is 33.8 Å². The van der Waals surface area contributed by atoms with Crippen molar-refractivity contribution < 1.29 is 72.1 Å². The van der Waals surface area contributed by atoms with Crippen molar-refractivity contribution in [3.63, 3.8) is 0 Å². The molecule has 0 bridgehead atoms. The molecule has 0 aliphatic carbocycles. The number of amides is 5. The number of phenols is 4. The van der Waals surface area contributed by atoms with Crippen molar-refractivity contribution in [1.82, 2.24) is 24.8 Å². The summed E-state index contributed by atoms with van der Waals surface area (Å²) in [7, 11) is -4.88. The van der Waals surface area contributed by atoms with Gasteiger partial charge in [-0.15, -0.1) is 11.3 Å². The monoisotopic (exact) mass is 821 g/mol. The molecule has 1 atom stereocenters. The number of benzene rings is 2. The van der Waals surface area contributed by atoms with E-state index in [1.165, 1.54) is 35.7 Å². The number of carbonyl (C=O) groups is 6. The largest absolute Gasteiger partial charge is 0.504 e. The van der Waals surface area contributed by atoms with E-state index in [0.717, 1.165) is 36.2 Å². The quantitative estimate of drug-likeness (QED) is 0.0216. The summed E-state index contributed by atoms with van der Waals surface area (Å²) in [6, 6.07) is 6.10. The highest BCUT2D eigenvalue weighted by Crippen LogP contribution is 2.30. The minimum Gasteiger partial charge on any atom is -0.504 e. The minimum absolute atomic E-state index is 0.0555. The number of hydrogen-bond donors (Lipinski definition) is 9. The van der Waals surface area contributed by atoms with Gasteiger partial charge in [0.2, 0.25) is 11.5 Å². The van der Waals surface area contributed by atoms with Gasteiger partial charge in [0.1, 0.15) is 18.3 Å². The fraction of sp³-hybridized carbons (Fsp3) is 0.312. The number of carbonyl (C=O) groups excluding carboxylic acids is 5. The number of aromatic hydroxyl groups is 4. The summed E-state index contributed by atoms with van der Waals surface area (Å²) in [6.45, 7) is 0.911. The number of carboxylic acid groups (broad SMARTS) is 1. The average Bonchev–Trinajstić information content (AvgIpc) is 3.57. The molecule has 1 aromatic heterocycles. The van der Waals surface area contributed by atoms with Gasteiger partial charge >= 0.3 is 16.3 Å². The van der Waals surface area contributed by atoms with E-state index in [1.54, 1.807) is 0 Å². The zero-order chi connectivity index (χ0) is 41.5. The van der Waals surface area contributed by atoms with Crippen LogP contribution in [0.4, 0.5) is 5.13 Å². The maximum atomic E-state index is 13.5. The molecule has 5 amide bonds. The molecule has 3 aromatic rings. The van der Waals surface area contributed by atoms with Gasteiger partial charge in [-0.3, -0.25) is 28.5 Å². The molecule has 4 rings (SSSR count). The summed E-state index contributed by atoms with van der Waals surface area (Å²) in [5, 5.41) is 61.1. The van der Waals surface area contributed by atoms with Gasteiger partial charge in [-0.25, -0.2) is 14.1 Å². The Morgan fingerprint density at radius 1 is 1.02 bits per heavy atom. The number of rotatable bonds is 17. The minimum atomic E-state index is -4.88. The van der Waals surface area contributed by atoms with E-state index < -0.39 is 99.3 Å². The first-order chi connectivity index (χ1) is 26.2. The molecule has 2 heterocycles. The Morgan fingerprint density at radius 3 is 2.25 bits per heavy atom. The normalized spacial score (nSPS) is 14.3. The predicted molar refractivity (Wildman–Crippen MR) is 192 cm³/mol. The number of nitrogens with one attached hydrogen (secondary N) is 3. The van der Waals surface area contributed by atoms with Crippen molar-refractivity contribution in [2.24, 2.45) is 5.16 Å². The number of anilines is 1. The fourth-order valence-electron chi connectivity index (χ4n) is 4.68. The number of aromatic nitrogens is 1. The van der Waals surface area contributed by atoms with Crippen LogP contribution in [-0.2, 0) is 34.3 Å². The molecule has 0 spiro atoms. The van der Waals surface area contributed by atoms with Gasteiger partial charge in [0, 0.05) is 18.5 Å². The number of unbranched alkanes of at least 4 members (excludes halogenated alkanes) is 1. The lowest BCUT2D eigenvalue weighted by Crippen LogP contribution is -2.65. The van der Waals surface area contributed by atoms with Crippen LogP contribution in [0.2, 0.25) is 0 Å². The molecule has 1 fully saturated rings. The average molecular weight is 822 g/mol. The summed E-state index contributed by atoms with van der Waals surface area (Å²) in [4.78, 5) is 86.2. The van der Waals surface area contributed by atoms with Crippen LogP contribution >= 0.6 is 11.3 Å². The molecule has 300 valence electrons. The van der Waals surface area contributed by atoms with E-state index in [4.69, 9.17) is 9.39 Å². The van der Waals surface area contributed by atoms with Crippen LogP contribution < -0.4 is 16.0 Å². The van der Waals surface area contributed by atoms with Crippen molar-refractivity contribution >= 4 is 68.0 Å². The van der Waals surface area contributed by atoms with Gasteiger partial charge in [0.25, 0.3) is 23.6 Å². The molecule has 0 unspecified atom stereocenters. The number of thiazole rings is 1. The van der Waals surface area contributed by atoms with Crippen LogP contribution in [0.15, 0.2) is 46.9 Å². The van der Waals surface area contributed by atoms with Crippen molar-refractivity contribution in [2.45, 2.75) is 38.3 Å². The van der Waals surface area contributed by atoms with Crippen molar-refractivity contribution in [1.29, 1.82) is 0 Å². The Balaban J connectivity index is 1.47. The lowest BCUT2D eigenvalue weighted by atomic mass is 10.1. The van der Waals surface area contributed by atoms with E-state index in [-0.39, 0.29) is 52.2 Å². The van der Waals surface area contributed by atoms with Gasteiger partial charge in [-0.2, -0.15) is 8.42 Å². The zero-order valence-electron chi connectivity index (χ0n) is 29.3. The lowest BCUT2D eigenvalue weighted by Gasteiger charge is -2.35. The molecule has 0 radical (unpaired) electrons. The topological polar surface area (TPSA) is 335 Å².